The quantitative estimate of drug-likeness (QED) is 0.742. The number of pyridine rings is 1. The summed E-state index contributed by atoms with van der Waals surface area (Å²) < 4.78 is 0. The van der Waals surface area contributed by atoms with E-state index in [0.29, 0.717) is 13.1 Å². The molecule has 0 saturated heterocycles. The molecule has 5 heteroatoms. The predicted octanol–water partition coefficient (Wildman–Crippen LogP) is 0.113. The highest BCUT2D eigenvalue weighted by Gasteiger charge is 2.09. The Morgan fingerprint density at radius 1 is 1.62 bits per heavy atom. The van der Waals surface area contributed by atoms with Gasteiger partial charge in [-0.05, 0) is 24.6 Å². The first-order valence-electron chi connectivity index (χ1n) is 5.31. The molecule has 0 aliphatic rings. The van der Waals surface area contributed by atoms with Gasteiger partial charge < -0.3 is 16.0 Å². The van der Waals surface area contributed by atoms with Crippen molar-refractivity contribution >= 4 is 11.7 Å². The van der Waals surface area contributed by atoms with Crippen molar-refractivity contribution in [1.29, 1.82) is 0 Å². The van der Waals surface area contributed by atoms with Gasteiger partial charge >= 0.3 is 0 Å². The Balaban J connectivity index is 2.81. The number of hydrogen-bond donors (Lipinski definition) is 2. The van der Waals surface area contributed by atoms with Gasteiger partial charge in [-0.3, -0.25) is 4.79 Å². The standard InChI is InChI=1S/C11H18N4O/c1-3-15(8-11(16)13-2)10-6-9(7-12)4-5-14-10/h4-6H,3,7-8,12H2,1-2H3,(H,13,16). The summed E-state index contributed by atoms with van der Waals surface area (Å²) in [5.74, 6) is 0.760. The fourth-order valence-corrected chi connectivity index (χ4v) is 1.37. The molecule has 0 spiro atoms. The number of anilines is 1. The number of carbonyl (C=O) groups is 1. The number of likely N-dealkylation sites (N-methyl/N-ethyl adjacent to an activating group) is 2. The second-order valence-electron chi connectivity index (χ2n) is 3.41. The SMILES string of the molecule is CCN(CC(=O)NC)c1cc(CN)ccn1. The van der Waals surface area contributed by atoms with Crippen LogP contribution in [0.15, 0.2) is 18.3 Å². The molecule has 1 amide bonds. The van der Waals surface area contributed by atoms with E-state index in [1.807, 2.05) is 24.0 Å². The minimum absolute atomic E-state index is 0.0261. The molecule has 0 radical (unpaired) electrons. The van der Waals surface area contributed by atoms with E-state index in [4.69, 9.17) is 5.73 Å². The van der Waals surface area contributed by atoms with Crippen LogP contribution in [0.3, 0.4) is 0 Å². The lowest BCUT2D eigenvalue weighted by atomic mass is 10.2. The molecular weight excluding hydrogens is 204 g/mol. The number of carbonyl (C=O) groups excluding carboxylic acids is 1. The molecule has 0 aliphatic carbocycles. The molecule has 5 nitrogen and oxygen atoms in total. The summed E-state index contributed by atoms with van der Waals surface area (Å²) in [4.78, 5) is 17.4. The summed E-state index contributed by atoms with van der Waals surface area (Å²) in [5, 5.41) is 2.60. The lowest BCUT2D eigenvalue weighted by molar-refractivity contribution is -0.119. The normalized spacial score (nSPS) is 9.94. The highest BCUT2D eigenvalue weighted by atomic mass is 16.1. The molecule has 0 saturated carbocycles. The summed E-state index contributed by atoms with van der Waals surface area (Å²) in [6.45, 7) is 3.51. The minimum Gasteiger partial charge on any atom is -0.358 e. The maximum atomic E-state index is 11.3. The zero-order chi connectivity index (χ0) is 12.0. The average molecular weight is 222 g/mol. The Bertz CT molecular complexity index is 354. The van der Waals surface area contributed by atoms with Gasteiger partial charge in [-0.2, -0.15) is 0 Å². The first kappa shape index (κ1) is 12.4. The van der Waals surface area contributed by atoms with Crippen LogP contribution in [0, 0.1) is 0 Å². The van der Waals surface area contributed by atoms with Crippen molar-refractivity contribution in [2.24, 2.45) is 5.73 Å². The van der Waals surface area contributed by atoms with E-state index in [-0.39, 0.29) is 5.91 Å². The Morgan fingerprint density at radius 2 is 2.38 bits per heavy atom. The molecule has 16 heavy (non-hydrogen) atoms. The van der Waals surface area contributed by atoms with Crippen LogP contribution in [0.5, 0.6) is 0 Å². The lowest BCUT2D eigenvalue weighted by Crippen LogP contribution is -2.36. The number of nitrogens with two attached hydrogens (primary N) is 1. The molecule has 3 N–H and O–H groups in total. The van der Waals surface area contributed by atoms with Crippen LogP contribution in [-0.2, 0) is 11.3 Å². The van der Waals surface area contributed by atoms with E-state index >= 15 is 0 Å². The van der Waals surface area contributed by atoms with Gasteiger partial charge in [-0.1, -0.05) is 0 Å². The largest absolute Gasteiger partial charge is 0.358 e. The topological polar surface area (TPSA) is 71.2 Å². The van der Waals surface area contributed by atoms with E-state index in [2.05, 4.69) is 10.3 Å². The molecule has 1 heterocycles. The molecule has 0 fully saturated rings. The van der Waals surface area contributed by atoms with Gasteiger partial charge in [0, 0.05) is 26.3 Å². The van der Waals surface area contributed by atoms with Crippen LogP contribution in [0.25, 0.3) is 0 Å². The maximum absolute atomic E-state index is 11.3. The van der Waals surface area contributed by atoms with Crippen LogP contribution in [0.4, 0.5) is 5.82 Å². The van der Waals surface area contributed by atoms with E-state index in [9.17, 15) is 4.79 Å². The monoisotopic (exact) mass is 222 g/mol. The first-order chi connectivity index (χ1) is 7.71. The minimum atomic E-state index is -0.0261. The Labute approximate surface area is 95.7 Å². The molecular formula is C11H18N4O. The average Bonchev–Trinajstić information content (AvgIpc) is 2.35. The van der Waals surface area contributed by atoms with Gasteiger partial charge in [-0.25, -0.2) is 4.98 Å². The molecule has 1 rings (SSSR count). The fraction of sp³-hybridized carbons (Fsp3) is 0.455. The predicted molar refractivity (Wildman–Crippen MR) is 64.1 cm³/mol. The molecule has 0 aliphatic heterocycles. The van der Waals surface area contributed by atoms with Gasteiger partial charge in [-0.15, -0.1) is 0 Å². The first-order valence-corrected chi connectivity index (χ1v) is 5.31. The molecule has 1 aromatic heterocycles. The summed E-state index contributed by atoms with van der Waals surface area (Å²) in [5.41, 5.74) is 6.58. The highest BCUT2D eigenvalue weighted by molar-refractivity contribution is 5.80. The van der Waals surface area contributed by atoms with E-state index in [0.717, 1.165) is 17.9 Å². The second kappa shape index (κ2) is 6.07. The van der Waals surface area contributed by atoms with Crippen LogP contribution in [0.2, 0.25) is 0 Å². The van der Waals surface area contributed by atoms with Gasteiger partial charge in [0.25, 0.3) is 0 Å². The van der Waals surface area contributed by atoms with Crippen LogP contribution < -0.4 is 16.0 Å². The van der Waals surface area contributed by atoms with Crippen LogP contribution >= 0.6 is 0 Å². The molecule has 0 unspecified atom stereocenters. The third-order valence-corrected chi connectivity index (χ3v) is 2.36. The van der Waals surface area contributed by atoms with E-state index in [1.165, 1.54) is 0 Å². The van der Waals surface area contributed by atoms with E-state index < -0.39 is 0 Å². The molecule has 0 aromatic carbocycles. The van der Waals surface area contributed by atoms with Gasteiger partial charge in [0.2, 0.25) is 5.91 Å². The number of rotatable bonds is 5. The Hall–Kier alpha value is -1.62. The van der Waals surface area contributed by atoms with Crippen molar-refractivity contribution in [2.45, 2.75) is 13.5 Å². The van der Waals surface area contributed by atoms with Crippen LogP contribution in [0.1, 0.15) is 12.5 Å². The van der Waals surface area contributed by atoms with Crippen molar-refractivity contribution in [3.63, 3.8) is 0 Å². The van der Waals surface area contributed by atoms with Crippen LogP contribution in [-0.4, -0.2) is 31.0 Å². The highest BCUT2D eigenvalue weighted by Crippen LogP contribution is 2.11. The molecule has 0 bridgehead atoms. The van der Waals surface area contributed by atoms with Gasteiger partial charge in [0.05, 0.1) is 6.54 Å². The third kappa shape index (κ3) is 3.20. The van der Waals surface area contributed by atoms with Crippen molar-refractivity contribution in [2.75, 3.05) is 25.0 Å². The third-order valence-electron chi connectivity index (χ3n) is 2.36. The van der Waals surface area contributed by atoms with Gasteiger partial charge in [0.1, 0.15) is 5.82 Å². The lowest BCUT2D eigenvalue weighted by Gasteiger charge is -2.21. The fourth-order valence-electron chi connectivity index (χ4n) is 1.37. The molecule has 88 valence electrons. The zero-order valence-corrected chi connectivity index (χ0v) is 9.73. The van der Waals surface area contributed by atoms with Crippen molar-refractivity contribution < 1.29 is 4.79 Å². The molecule has 1 aromatic rings. The summed E-state index contributed by atoms with van der Waals surface area (Å²) in [6, 6.07) is 3.78. The second-order valence-corrected chi connectivity index (χ2v) is 3.41. The summed E-state index contributed by atoms with van der Waals surface area (Å²) in [7, 11) is 1.62. The van der Waals surface area contributed by atoms with Crippen molar-refractivity contribution in [3.05, 3.63) is 23.9 Å². The summed E-state index contributed by atoms with van der Waals surface area (Å²) in [6.07, 6.45) is 1.71. The number of amides is 1. The number of hydrogen-bond acceptors (Lipinski definition) is 4. The smallest absolute Gasteiger partial charge is 0.239 e. The zero-order valence-electron chi connectivity index (χ0n) is 9.73. The van der Waals surface area contributed by atoms with Crippen molar-refractivity contribution in [1.82, 2.24) is 10.3 Å². The Morgan fingerprint density at radius 3 is 2.94 bits per heavy atom. The van der Waals surface area contributed by atoms with E-state index in [1.54, 1.807) is 13.2 Å². The Kier molecular flexibility index (Phi) is 4.72. The van der Waals surface area contributed by atoms with Gasteiger partial charge in [0.15, 0.2) is 0 Å². The molecule has 0 atom stereocenters. The number of nitrogens with one attached hydrogen (secondary N) is 1. The maximum Gasteiger partial charge on any atom is 0.239 e. The number of aromatic nitrogens is 1. The van der Waals surface area contributed by atoms with Crippen molar-refractivity contribution in [3.8, 4) is 0 Å². The summed E-state index contributed by atoms with van der Waals surface area (Å²) >= 11 is 0. The number of nitrogens with zero attached hydrogens (tertiary/aromatic N) is 2.